The van der Waals surface area contributed by atoms with E-state index in [4.69, 9.17) is 9.72 Å². The molecule has 0 unspecified atom stereocenters. The summed E-state index contributed by atoms with van der Waals surface area (Å²) in [6.45, 7) is 4.71. The number of benzene rings is 1. The molecule has 3 heterocycles. The van der Waals surface area contributed by atoms with Gasteiger partial charge < -0.3 is 14.5 Å². The largest absolute Gasteiger partial charge is 0.494 e. The molecule has 0 radical (unpaired) electrons. The van der Waals surface area contributed by atoms with Crippen molar-refractivity contribution in [2.75, 3.05) is 19.7 Å². The summed E-state index contributed by atoms with van der Waals surface area (Å²) in [7, 11) is 0. The maximum atomic E-state index is 5.62. The predicted octanol–water partition coefficient (Wildman–Crippen LogP) is 3.40. The standard InChI is InChI=1S/C20H23N3O/c1-2-24-17-8-13-23-15-18(22-19(23)14-17)20(9-11-21-12-10-20)16-6-4-3-5-7-16/h3-8,13-15,21H,2,9-12H2,1H3. The molecule has 124 valence electrons. The Labute approximate surface area is 142 Å². The van der Waals surface area contributed by atoms with E-state index in [1.165, 1.54) is 5.56 Å². The molecule has 0 spiro atoms. The van der Waals surface area contributed by atoms with Gasteiger partial charge in [-0.25, -0.2) is 4.98 Å². The molecule has 0 aliphatic carbocycles. The number of hydrogen-bond donors (Lipinski definition) is 1. The first-order valence-corrected chi connectivity index (χ1v) is 8.70. The predicted molar refractivity (Wildman–Crippen MR) is 95.7 cm³/mol. The van der Waals surface area contributed by atoms with Gasteiger partial charge in [0.15, 0.2) is 0 Å². The molecule has 0 amide bonds. The van der Waals surface area contributed by atoms with Crippen LogP contribution < -0.4 is 10.1 Å². The van der Waals surface area contributed by atoms with Crippen LogP contribution in [0.5, 0.6) is 5.75 Å². The Morgan fingerprint density at radius 2 is 1.96 bits per heavy atom. The molecule has 0 saturated carbocycles. The molecule has 0 atom stereocenters. The number of rotatable bonds is 4. The normalized spacial score (nSPS) is 17.0. The fourth-order valence-corrected chi connectivity index (χ4v) is 3.75. The molecule has 1 N–H and O–H groups in total. The van der Waals surface area contributed by atoms with E-state index >= 15 is 0 Å². The molecule has 1 saturated heterocycles. The second-order valence-electron chi connectivity index (χ2n) is 6.39. The number of ether oxygens (including phenoxy) is 1. The molecular weight excluding hydrogens is 298 g/mol. The van der Waals surface area contributed by atoms with Crippen LogP contribution in [0.2, 0.25) is 0 Å². The maximum absolute atomic E-state index is 5.62. The van der Waals surface area contributed by atoms with Crippen LogP contribution in [0.25, 0.3) is 5.65 Å². The van der Waals surface area contributed by atoms with Crippen LogP contribution in [0.3, 0.4) is 0 Å². The summed E-state index contributed by atoms with van der Waals surface area (Å²) in [4.78, 5) is 4.98. The third-order valence-corrected chi connectivity index (χ3v) is 5.02. The van der Waals surface area contributed by atoms with Gasteiger partial charge in [0.05, 0.1) is 12.3 Å². The maximum Gasteiger partial charge on any atom is 0.140 e. The first-order chi connectivity index (χ1) is 11.8. The number of aromatic nitrogens is 2. The van der Waals surface area contributed by atoms with E-state index in [0.717, 1.165) is 43.0 Å². The van der Waals surface area contributed by atoms with Gasteiger partial charge >= 0.3 is 0 Å². The first kappa shape index (κ1) is 15.2. The SMILES string of the molecule is CCOc1ccn2cc(C3(c4ccccc4)CCNCC3)nc2c1. The number of piperidine rings is 1. The lowest BCUT2D eigenvalue weighted by atomic mass is 9.71. The lowest BCUT2D eigenvalue weighted by Gasteiger charge is -2.37. The van der Waals surface area contributed by atoms with Gasteiger partial charge in [0.1, 0.15) is 11.4 Å². The van der Waals surface area contributed by atoms with Crippen molar-refractivity contribution in [1.82, 2.24) is 14.7 Å². The van der Waals surface area contributed by atoms with E-state index in [-0.39, 0.29) is 5.41 Å². The third-order valence-electron chi connectivity index (χ3n) is 5.02. The zero-order valence-corrected chi connectivity index (χ0v) is 14.0. The fraction of sp³-hybridized carbons (Fsp3) is 0.350. The fourth-order valence-electron chi connectivity index (χ4n) is 3.75. The minimum Gasteiger partial charge on any atom is -0.494 e. The Morgan fingerprint density at radius 3 is 2.71 bits per heavy atom. The molecule has 3 aromatic rings. The third kappa shape index (κ3) is 2.57. The summed E-state index contributed by atoms with van der Waals surface area (Å²) in [5.74, 6) is 0.876. The molecule has 1 fully saturated rings. The smallest absolute Gasteiger partial charge is 0.140 e. The minimum atomic E-state index is -0.00962. The van der Waals surface area contributed by atoms with Crippen molar-refractivity contribution < 1.29 is 4.74 Å². The Morgan fingerprint density at radius 1 is 1.17 bits per heavy atom. The van der Waals surface area contributed by atoms with Crippen LogP contribution in [0, 0.1) is 0 Å². The molecule has 1 aromatic carbocycles. The van der Waals surface area contributed by atoms with Gasteiger partial charge in [-0.1, -0.05) is 30.3 Å². The summed E-state index contributed by atoms with van der Waals surface area (Å²) in [6, 6.07) is 14.8. The lowest BCUT2D eigenvalue weighted by molar-refractivity contribution is 0.340. The molecule has 1 aliphatic heterocycles. The van der Waals surface area contributed by atoms with Crippen molar-refractivity contribution in [1.29, 1.82) is 0 Å². The summed E-state index contributed by atoms with van der Waals surface area (Å²) in [6.07, 6.45) is 6.36. The zero-order chi connectivity index (χ0) is 16.4. The first-order valence-electron chi connectivity index (χ1n) is 8.70. The van der Waals surface area contributed by atoms with Crippen molar-refractivity contribution in [3.63, 3.8) is 0 Å². The number of nitrogens with zero attached hydrogens (tertiary/aromatic N) is 2. The summed E-state index contributed by atoms with van der Waals surface area (Å²) >= 11 is 0. The van der Waals surface area contributed by atoms with Crippen molar-refractivity contribution in [2.45, 2.75) is 25.2 Å². The highest BCUT2D eigenvalue weighted by atomic mass is 16.5. The Kier molecular flexibility index (Phi) is 3.98. The second kappa shape index (κ2) is 6.29. The zero-order valence-electron chi connectivity index (χ0n) is 14.0. The van der Waals surface area contributed by atoms with Crippen LogP contribution in [0.15, 0.2) is 54.9 Å². The van der Waals surface area contributed by atoms with E-state index in [1.807, 2.05) is 25.3 Å². The number of hydrogen-bond acceptors (Lipinski definition) is 3. The average Bonchev–Trinajstić information content (AvgIpc) is 3.07. The second-order valence-corrected chi connectivity index (χ2v) is 6.39. The molecule has 4 rings (SSSR count). The highest BCUT2D eigenvalue weighted by molar-refractivity contribution is 5.48. The van der Waals surface area contributed by atoms with Crippen molar-refractivity contribution in [3.05, 3.63) is 66.1 Å². The highest BCUT2D eigenvalue weighted by Crippen LogP contribution is 2.39. The van der Waals surface area contributed by atoms with E-state index in [9.17, 15) is 0 Å². The molecule has 0 bridgehead atoms. The Balaban J connectivity index is 1.82. The van der Waals surface area contributed by atoms with Crippen LogP contribution in [-0.2, 0) is 5.41 Å². The topological polar surface area (TPSA) is 38.6 Å². The van der Waals surface area contributed by atoms with Crippen LogP contribution in [0.1, 0.15) is 31.0 Å². The van der Waals surface area contributed by atoms with Crippen molar-refractivity contribution in [2.24, 2.45) is 0 Å². The number of imidazole rings is 1. The van der Waals surface area contributed by atoms with E-state index in [1.54, 1.807) is 0 Å². The highest BCUT2D eigenvalue weighted by Gasteiger charge is 2.37. The molecule has 2 aromatic heterocycles. The summed E-state index contributed by atoms with van der Waals surface area (Å²) in [5, 5.41) is 3.48. The van der Waals surface area contributed by atoms with Crippen LogP contribution >= 0.6 is 0 Å². The molecular formula is C20H23N3O. The van der Waals surface area contributed by atoms with Crippen LogP contribution in [0.4, 0.5) is 0 Å². The van der Waals surface area contributed by atoms with Gasteiger partial charge in [-0.2, -0.15) is 0 Å². The molecule has 1 aliphatic rings. The molecule has 24 heavy (non-hydrogen) atoms. The monoisotopic (exact) mass is 321 g/mol. The van der Waals surface area contributed by atoms with Gasteiger partial charge in [-0.3, -0.25) is 0 Å². The minimum absolute atomic E-state index is 0.00962. The average molecular weight is 321 g/mol. The van der Waals surface area contributed by atoms with Crippen molar-refractivity contribution in [3.8, 4) is 5.75 Å². The van der Waals surface area contributed by atoms with Gasteiger partial charge in [-0.05, 0) is 44.5 Å². The molecule has 4 nitrogen and oxygen atoms in total. The Bertz CT molecular complexity index is 819. The van der Waals surface area contributed by atoms with Crippen molar-refractivity contribution >= 4 is 5.65 Å². The molecule has 4 heteroatoms. The van der Waals surface area contributed by atoms with Gasteiger partial charge in [0, 0.05) is 23.9 Å². The van der Waals surface area contributed by atoms with E-state index < -0.39 is 0 Å². The van der Waals surface area contributed by atoms with E-state index in [2.05, 4.69) is 46.2 Å². The lowest BCUT2D eigenvalue weighted by Crippen LogP contribution is -2.41. The van der Waals surface area contributed by atoms with Gasteiger partial charge in [0.2, 0.25) is 0 Å². The quantitative estimate of drug-likeness (QED) is 0.800. The number of fused-ring (bicyclic) bond motifs is 1. The van der Waals surface area contributed by atoms with Gasteiger partial charge in [-0.15, -0.1) is 0 Å². The summed E-state index contributed by atoms with van der Waals surface area (Å²) in [5.41, 5.74) is 3.46. The van der Waals surface area contributed by atoms with E-state index in [0.29, 0.717) is 6.61 Å². The van der Waals surface area contributed by atoms with Crippen LogP contribution in [-0.4, -0.2) is 29.1 Å². The summed E-state index contributed by atoms with van der Waals surface area (Å²) < 4.78 is 7.72. The Hall–Kier alpha value is -2.33. The number of nitrogens with one attached hydrogen (secondary N) is 1. The number of pyridine rings is 1. The van der Waals surface area contributed by atoms with Gasteiger partial charge in [0.25, 0.3) is 0 Å².